The van der Waals surface area contributed by atoms with Crippen LogP contribution in [0.2, 0.25) is 0 Å². The maximum Gasteiger partial charge on any atom is 0.226 e. The van der Waals surface area contributed by atoms with Crippen molar-refractivity contribution in [1.82, 2.24) is 5.32 Å². The maximum atomic E-state index is 11.8. The third kappa shape index (κ3) is 6.89. The fourth-order valence-corrected chi connectivity index (χ4v) is 5.14. The molecule has 1 amide bonds. The summed E-state index contributed by atoms with van der Waals surface area (Å²) in [5.74, 6) is -0.0896. The molecule has 4 rings (SSSR count). The van der Waals surface area contributed by atoms with Crippen molar-refractivity contribution in [1.29, 1.82) is 0 Å². The Morgan fingerprint density at radius 2 is 1.63 bits per heavy atom. The van der Waals surface area contributed by atoms with E-state index in [1.54, 1.807) is 13.1 Å². The summed E-state index contributed by atoms with van der Waals surface area (Å²) < 4.78 is 17.6. The molecule has 2 heterocycles. The Morgan fingerprint density at radius 1 is 0.947 bits per heavy atom. The number of benzene rings is 2. The van der Waals surface area contributed by atoms with E-state index in [0.29, 0.717) is 12.2 Å². The van der Waals surface area contributed by atoms with Crippen molar-refractivity contribution in [3.8, 4) is 16.9 Å². The molecule has 0 aromatic heterocycles. The first-order chi connectivity index (χ1) is 18.3. The van der Waals surface area contributed by atoms with E-state index in [9.17, 15) is 30.3 Å². The first-order valence-electron chi connectivity index (χ1n) is 12.9. The molecule has 0 bridgehead atoms. The monoisotopic (exact) mass is 531 g/mol. The number of ether oxygens (including phenoxy) is 3. The van der Waals surface area contributed by atoms with Crippen molar-refractivity contribution in [3.05, 3.63) is 54.1 Å². The molecule has 38 heavy (non-hydrogen) atoms. The minimum absolute atomic E-state index is 0.0804. The summed E-state index contributed by atoms with van der Waals surface area (Å²) in [5.41, 5.74) is 2.62. The van der Waals surface area contributed by atoms with E-state index in [2.05, 4.69) is 5.32 Å². The number of aliphatic hydroxyl groups is 5. The van der Waals surface area contributed by atoms with Gasteiger partial charge in [-0.2, -0.15) is 0 Å². The summed E-state index contributed by atoms with van der Waals surface area (Å²) in [6.45, 7) is -0.566. The topological polar surface area (TPSA) is 158 Å². The van der Waals surface area contributed by atoms with Gasteiger partial charge in [0.25, 0.3) is 0 Å². The third-order valence-electron chi connectivity index (χ3n) is 7.23. The molecule has 0 radical (unpaired) electrons. The Labute approximate surface area is 221 Å². The van der Waals surface area contributed by atoms with Crippen LogP contribution in [0.15, 0.2) is 48.5 Å². The Balaban J connectivity index is 1.48. The van der Waals surface area contributed by atoms with Crippen LogP contribution in [0, 0.1) is 5.92 Å². The molecule has 6 N–H and O–H groups in total. The Kier molecular flexibility index (Phi) is 9.72. The first-order valence-corrected chi connectivity index (χ1v) is 12.9. The summed E-state index contributed by atoms with van der Waals surface area (Å²) in [6.07, 6.45) is -5.49. The van der Waals surface area contributed by atoms with Gasteiger partial charge < -0.3 is 45.1 Å². The highest BCUT2D eigenvalue weighted by Crippen LogP contribution is 2.35. The summed E-state index contributed by atoms with van der Waals surface area (Å²) in [4.78, 5) is 11.8. The number of carbonyl (C=O) groups excluding carboxylic acids is 1. The van der Waals surface area contributed by atoms with Gasteiger partial charge in [0.2, 0.25) is 12.2 Å². The minimum atomic E-state index is -1.16. The number of carbonyl (C=O) groups is 1. The van der Waals surface area contributed by atoms with Gasteiger partial charge >= 0.3 is 0 Å². The fourth-order valence-electron chi connectivity index (χ4n) is 5.14. The number of hydrogen-bond donors (Lipinski definition) is 6. The lowest BCUT2D eigenvalue weighted by Crippen LogP contribution is -2.54. The molecular formula is C28H37NO9. The van der Waals surface area contributed by atoms with Gasteiger partial charge in [0, 0.05) is 13.5 Å². The van der Waals surface area contributed by atoms with Crippen molar-refractivity contribution in [2.45, 2.75) is 68.6 Å². The molecule has 2 aromatic carbocycles. The Morgan fingerprint density at radius 3 is 2.34 bits per heavy atom. The lowest BCUT2D eigenvalue weighted by molar-refractivity contribution is -0.240. The van der Waals surface area contributed by atoms with Gasteiger partial charge in [-0.05, 0) is 47.6 Å². The van der Waals surface area contributed by atoms with Crippen LogP contribution in [0.4, 0.5) is 0 Å². The number of likely N-dealkylation sites (N-methyl/N-ethyl adjacent to an activating group) is 1. The highest BCUT2D eigenvalue weighted by Gasteiger charge is 2.44. The van der Waals surface area contributed by atoms with Gasteiger partial charge in [-0.15, -0.1) is 0 Å². The Hall–Kier alpha value is -2.57. The average Bonchev–Trinajstić information content (AvgIpc) is 2.93. The highest BCUT2D eigenvalue weighted by atomic mass is 16.7. The van der Waals surface area contributed by atoms with Gasteiger partial charge in [0.05, 0.1) is 44.1 Å². The molecule has 2 saturated heterocycles. The van der Waals surface area contributed by atoms with E-state index < -0.39 is 48.8 Å². The van der Waals surface area contributed by atoms with E-state index >= 15 is 0 Å². The largest absolute Gasteiger partial charge is 0.462 e. The zero-order valence-electron chi connectivity index (χ0n) is 21.3. The lowest BCUT2D eigenvalue weighted by Gasteiger charge is -2.42. The van der Waals surface area contributed by atoms with Crippen LogP contribution in [0.25, 0.3) is 11.1 Å². The van der Waals surface area contributed by atoms with Crippen LogP contribution in [-0.2, 0) is 20.7 Å². The summed E-state index contributed by atoms with van der Waals surface area (Å²) in [5, 5.41) is 53.6. The molecule has 2 aromatic rings. The van der Waals surface area contributed by atoms with Crippen molar-refractivity contribution < 1.29 is 44.5 Å². The van der Waals surface area contributed by atoms with Crippen molar-refractivity contribution in [2.24, 2.45) is 5.92 Å². The number of amides is 1. The van der Waals surface area contributed by atoms with E-state index in [-0.39, 0.29) is 38.4 Å². The van der Waals surface area contributed by atoms with Gasteiger partial charge in [-0.25, -0.2) is 0 Å². The first kappa shape index (κ1) is 28.4. The van der Waals surface area contributed by atoms with Crippen LogP contribution < -0.4 is 10.1 Å². The van der Waals surface area contributed by atoms with Crippen molar-refractivity contribution >= 4 is 5.91 Å². The predicted octanol–water partition coefficient (Wildman–Crippen LogP) is 0.367. The fraction of sp³-hybridized carbons (Fsp3) is 0.536. The van der Waals surface area contributed by atoms with Crippen LogP contribution in [-0.4, -0.2) is 94.6 Å². The van der Waals surface area contributed by atoms with Crippen LogP contribution in [0.5, 0.6) is 5.75 Å². The second-order valence-electron chi connectivity index (χ2n) is 10.00. The quantitative estimate of drug-likeness (QED) is 0.269. The molecule has 0 saturated carbocycles. The van der Waals surface area contributed by atoms with E-state index in [4.69, 9.17) is 14.2 Å². The molecule has 2 aliphatic heterocycles. The van der Waals surface area contributed by atoms with Gasteiger partial charge in [0.15, 0.2) is 0 Å². The number of aliphatic hydroxyl groups excluding tert-OH is 5. The number of rotatable bonds is 9. The van der Waals surface area contributed by atoms with E-state index in [0.717, 1.165) is 16.7 Å². The second-order valence-corrected chi connectivity index (χ2v) is 10.00. The molecule has 2 fully saturated rings. The molecule has 8 atom stereocenters. The minimum Gasteiger partial charge on any atom is -0.462 e. The molecule has 208 valence electrons. The average molecular weight is 532 g/mol. The van der Waals surface area contributed by atoms with Crippen molar-refractivity contribution in [2.75, 3.05) is 20.3 Å². The van der Waals surface area contributed by atoms with Crippen LogP contribution in [0.3, 0.4) is 0 Å². The van der Waals surface area contributed by atoms with Gasteiger partial charge in [-0.3, -0.25) is 4.79 Å². The molecule has 10 nitrogen and oxygen atoms in total. The normalized spacial score (nSPS) is 31.5. The SMILES string of the molecule is CNC(=O)Cc1cccc(-c2cccc(O[C@H]3OC(CO)CC(C[C@H]4OC(CO)CC(O)C4O)C3O)c2)c1. The molecule has 10 heteroatoms. The summed E-state index contributed by atoms with van der Waals surface area (Å²) in [6, 6.07) is 14.9. The summed E-state index contributed by atoms with van der Waals surface area (Å²) >= 11 is 0. The molecule has 6 unspecified atom stereocenters. The van der Waals surface area contributed by atoms with Crippen LogP contribution >= 0.6 is 0 Å². The molecule has 0 aliphatic carbocycles. The second kappa shape index (κ2) is 13.0. The lowest BCUT2D eigenvalue weighted by atomic mass is 9.83. The number of hydrogen-bond acceptors (Lipinski definition) is 9. The molecule has 2 aliphatic rings. The molecule has 0 spiro atoms. The highest BCUT2D eigenvalue weighted by molar-refractivity contribution is 5.79. The van der Waals surface area contributed by atoms with Crippen molar-refractivity contribution in [3.63, 3.8) is 0 Å². The predicted molar refractivity (Wildman–Crippen MR) is 137 cm³/mol. The number of nitrogens with one attached hydrogen (secondary N) is 1. The smallest absolute Gasteiger partial charge is 0.226 e. The van der Waals surface area contributed by atoms with Crippen LogP contribution in [0.1, 0.15) is 24.8 Å². The van der Waals surface area contributed by atoms with Gasteiger partial charge in [-0.1, -0.05) is 36.4 Å². The Bertz CT molecular complexity index is 1070. The summed E-state index contributed by atoms with van der Waals surface area (Å²) in [7, 11) is 1.60. The molecular weight excluding hydrogens is 494 g/mol. The maximum absolute atomic E-state index is 11.8. The zero-order valence-corrected chi connectivity index (χ0v) is 21.3. The van der Waals surface area contributed by atoms with E-state index in [1.807, 2.05) is 42.5 Å². The van der Waals surface area contributed by atoms with Gasteiger partial charge in [0.1, 0.15) is 18.0 Å². The standard InChI is InChI=1S/C28H37NO9/c1-29-25(33)9-16-4-2-5-17(8-16)18-6-3-7-20(10-18)37-28-26(34)19(11-21(14-30)38-28)12-24-27(35)23(32)13-22(15-31)36-24/h2-8,10,19,21-24,26-28,30-32,34-35H,9,11-15H2,1H3,(H,29,33)/t19?,21?,22?,23?,24-,26?,27?,28+/m1/s1. The third-order valence-corrected chi connectivity index (χ3v) is 7.23. The van der Waals surface area contributed by atoms with E-state index in [1.165, 1.54) is 0 Å². The zero-order chi connectivity index (χ0) is 27.2.